The zero-order valence-corrected chi connectivity index (χ0v) is 12.1. The second-order valence-corrected chi connectivity index (χ2v) is 5.95. The Morgan fingerprint density at radius 1 is 1.32 bits per heavy atom. The lowest BCUT2D eigenvalue weighted by Gasteiger charge is -2.44. The summed E-state index contributed by atoms with van der Waals surface area (Å²) in [5.74, 6) is 1.72. The third-order valence-electron chi connectivity index (χ3n) is 4.31. The minimum absolute atomic E-state index is 0.529. The molecule has 4 heteroatoms. The summed E-state index contributed by atoms with van der Waals surface area (Å²) in [6.45, 7) is 5.98. The van der Waals surface area contributed by atoms with Gasteiger partial charge in [-0.15, -0.1) is 0 Å². The number of hydrogen-bond acceptors (Lipinski definition) is 4. The molecule has 1 aromatic rings. The number of hydrogen-bond donors (Lipinski definition) is 0. The summed E-state index contributed by atoms with van der Waals surface area (Å²) in [4.78, 5) is 9.49. The van der Waals surface area contributed by atoms with Gasteiger partial charge in [-0.1, -0.05) is 6.07 Å². The molecule has 0 radical (unpaired) electrons. The normalized spacial score (nSPS) is 24.0. The molecule has 2 aliphatic rings. The van der Waals surface area contributed by atoms with Gasteiger partial charge in [-0.05, 0) is 33.5 Å². The molecule has 104 valence electrons. The van der Waals surface area contributed by atoms with E-state index in [0.717, 1.165) is 38.4 Å². The highest BCUT2D eigenvalue weighted by molar-refractivity contribution is 5.52. The topological polar surface area (TPSA) is 28.6 Å². The van der Waals surface area contributed by atoms with E-state index in [9.17, 15) is 0 Å². The smallest absolute Gasteiger partial charge is 0.132 e. The van der Waals surface area contributed by atoms with Crippen LogP contribution in [0.3, 0.4) is 0 Å². The number of pyridine rings is 1. The van der Waals surface area contributed by atoms with Gasteiger partial charge in [-0.25, -0.2) is 4.98 Å². The largest absolute Gasteiger partial charge is 0.381 e. The Balaban J connectivity index is 1.81. The highest BCUT2D eigenvalue weighted by atomic mass is 16.5. The van der Waals surface area contributed by atoms with E-state index in [4.69, 9.17) is 9.72 Å². The first kappa shape index (κ1) is 12.9. The highest BCUT2D eigenvalue weighted by Crippen LogP contribution is 2.34. The molecule has 0 N–H and O–H groups in total. The summed E-state index contributed by atoms with van der Waals surface area (Å²) in [6.07, 6.45) is 1.13. The molecule has 0 unspecified atom stereocenters. The van der Waals surface area contributed by atoms with Gasteiger partial charge in [0.15, 0.2) is 0 Å². The maximum atomic E-state index is 5.53. The van der Waals surface area contributed by atoms with E-state index in [1.807, 2.05) is 0 Å². The number of nitrogens with zero attached hydrogens (tertiary/aromatic N) is 3. The van der Waals surface area contributed by atoms with Crippen molar-refractivity contribution >= 4 is 5.82 Å². The molecule has 2 saturated heterocycles. The fourth-order valence-corrected chi connectivity index (χ4v) is 2.86. The first-order valence-corrected chi connectivity index (χ1v) is 7.12. The van der Waals surface area contributed by atoms with Crippen LogP contribution < -0.4 is 4.90 Å². The van der Waals surface area contributed by atoms with Crippen molar-refractivity contribution in [2.45, 2.75) is 25.3 Å². The Labute approximate surface area is 115 Å². The third kappa shape index (κ3) is 2.47. The van der Waals surface area contributed by atoms with Crippen molar-refractivity contribution in [2.24, 2.45) is 0 Å². The number of aryl methyl sites for hydroxylation is 1. The van der Waals surface area contributed by atoms with Gasteiger partial charge in [0.05, 0.1) is 6.61 Å². The van der Waals surface area contributed by atoms with E-state index < -0.39 is 0 Å². The third-order valence-corrected chi connectivity index (χ3v) is 4.31. The van der Waals surface area contributed by atoms with E-state index >= 15 is 0 Å². The fourth-order valence-electron chi connectivity index (χ4n) is 2.86. The quantitative estimate of drug-likeness (QED) is 0.827. The Hall–Kier alpha value is -1.13. The zero-order chi connectivity index (χ0) is 13.4. The van der Waals surface area contributed by atoms with Crippen LogP contribution in [0.4, 0.5) is 5.82 Å². The van der Waals surface area contributed by atoms with Gasteiger partial charge in [-0.2, -0.15) is 0 Å². The lowest BCUT2D eigenvalue weighted by atomic mass is 9.96. The molecule has 4 nitrogen and oxygen atoms in total. The first-order chi connectivity index (χ1) is 9.15. The van der Waals surface area contributed by atoms with Gasteiger partial charge in [0.1, 0.15) is 5.82 Å². The van der Waals surface area contributed by atoms with Gasteiger partial charge in [0.25, 0.3) is 0 Å². The van der Waals surface area contributed by atoms with Crippen molar-refractivity contribution in [2.75, 3.05) is 45.3 Å². The molecular weight excluding hydrogens is 238 g/mol. The summed E-state index contributed by atoms with van der Waals surface area (Å²) in [5, 5.41) is 0. The van der Waals surface area contributed by atoms with Crippen LogP contribution in [0.2, 0.25) is 0 Å². The van der Waals surface area contributed by atoms with Crippen LogP contribution in [0.25, 0.3) is 0 Å². The molecule has 0 aromatic carbocycles. The van der Waals surface area contributed by atoms with Crippen molar-refractivity contribution in [3.05, 3.63) is 23.4 Å². The van der Waals surface area contributed by atoms with Gasteiger partial charge >= 0.3 is 0 Å². The molecule has 0 bridgehead atoms. The molecule has 3 rings (SSSR count). The predicted molar refractivity (Wildman–Crippen MR) is 76.8 cm³/mol. The van der Waals surface area contributed by atoms with Gasteiger partial charge in [-0.3, -0.25) is 0 Å². The SMILES string of the molecule is Cc1ccc([C@@H]2CCOC2)c(N2CC(N(C)C)C2)n1. The van der Waals surface area contributed by atoms with E-state index in [-0.39, 0.29) is 0 Å². The Kier molecular flexibility index (Phi) is 3.46. The van der Waals surface area contributed by atoms with Crippen molar-refractivity contribution in [3.63, 3.8) is 0 Å². The van der Waals surface area contributed by atoms with Crippen molar-refractivity contribution in [1.29, 1.82) is 0 Å². The molecule has 2 fully saturated rings. The van der Waals surface area contributed by atoms with Crippen LogP contribution in [0, 0.1) is 6.92 Å². The number of rotatable bonds is 3. The van der Waals surface area contributed by atoms with Crippen LogP contribution in [0.5, 0.6) is 0 Å². The van der Waals surface area contributed by atoms with E-state index in [1.165, 1.54) is 11.4 Å². The van der Waals surface area contributed by atoms with Crippen molar-refractivity contribution in [3.8, 4) is 0 Å². The maximum absolute atomic E-state index is 5.53. The van der Waals surface area contributed by atoms with Gasteiger partial charge in [0, 0.05) is 42.9 Å². The molecule has 2 aliphatic heterocycles. The average Bonchev–Trinajstić information content (AvgIpc) is 2.80. The number of aromatic nitrogens is 1. The lowest BCUT2D eigenvalue weighted by molar-refractivity contribution is 0.193. The molecule has 0 amide bonds. The molecule has 0 saturated carbocycles. The molecule has 3 heterocycles. The Morgan fingerprint density at radius 3 is 2.74 bits per heavy atom. The second-order valence-electron chi connectivity index (χ2n) is 5.95. The number of likely N-dealkylation sites (N-methyl/N-ethyl adjacent to an activating group) is 1. The highest BCUT2D eigenvalue weighted by Gasteiger charge is 2.32. The number of ether oxygens (including phenoxy) is 1. The summed E-state index contributed by atoms with van der Waals surface area (Å²) in [5.41, 5.74) is 2.48. The zero-order valence-electron chi connectivity index (χ0n) is 12.1. The molecule has 1 aromatic heterocycles. The van der Waals surface area contributed by atoms with E-state index in [1.54, 1.807) is 0 Å². The summed E-state index contributed by atoms with van der Waals surface area (Å²) in [6, 6.07) is 5.04. The number of anilines is 1. The molecule has 0 aliphatic carbocycles. The van der Waals surface area contributed by atoms with Crippen LogP contribution in [0.1, 0.15) is 23.6 Å². The van der Waals surface area contributed by atoms with Crippen LogP contribution in [-0.4, -0.2) is 56.3 Å². The minimum Gasteiger partial charge on any atom is -0.381 e. The van der Waals surface area contributed by atoms with E-state index in [0.29, 0.717) is 12.0 Å². The maximum Gasteiger partial charge on any atom is 0.132 e. The predicted octanol–water partition coefficient (Wildman–Crippen LogP) is 1.64. The monoisotopic (exact) mass is 261 g/mol. The van der Waals surface area contributed by atoms with Crippen molar-refractivity contribution < 1.29 is 4.74 Å². The molecular formula is C15H23N3O. The molecule has 0 spiro atoms. The van der Waals surface area contributed by atoms with Crippen LogP contribution in [-0.2, 0) is 4.74 Å². The Morgan fingerprint density at radius 2 is 2.11 bits per heavy atom. The lowest BCUT2D eigenvalue weighted by Crippen LogP contribution is -2.58. The standard InChI is InChI=1S/C15H23N3O/c1-11-4-5-14(12-6-7-19-10-12)15(16-11)18-8-13(9-18)17(2)3/h4-5,12-13H,6-10H2,1-3H3/t12-/m1/s1. The van der Waals surface area contributed by atoms with Gasteiger partial charge in [0.2, 0.25) is 0 Å². The van der Waals surface area contributed by atoms with Crippen molar-refractivity contribution in [1.82, 2.24) is 9.88 Å². The van der Waals surface area contributed by atoms with Crippen LogP contribution >= 0.6 is 0 Å². The van der Waals surface area contributed by atoms with Crippen LogP contribution in [0.15, 0.2) is 12.1 Å². The summed E-state index contributed by atoms with van der Waals surface area (Å²) < 4.78 is 5.53. The van der Waals surface area contributed by atoms with E-state index in [2.05, 4.69) is 43.0 Å². The fraction of sp³-hybridized carbons (Fsp3) is 0.667. The summed E-state index contributed by atoms with van der Waals surface area (Å²) in [7, 11) is 4.30. The average molecular weight is 261 g/mol. The van der Waals surface area contributed by atoms with Gasteiger partial charge < -0.3 is 14.5 Å². The first-order valence-electron chi connectivity index (χ1n) is 7.12. The second kappa shape index (κ2) is 5.10. The Bertz CT molecular complexity index is 449. The molecule has 19 heavy (non-hydrogen) atoms. The molecule has 1 atom stereocenters. The summed E-state index contributed by atoms with van der Waals surface area (Å²) >= 11 is 0. The minimum atomic E-state index is 0.529.